The third-order valence-corrected chi connectivity index (χ3v) is 5.12. The molecule has 0 bridgehead atoms. The molecule has 2 rings (SSSR count). The molecule has 12 N–H and O–H groups in total. The van der Waals surface area contributed by atoms with Crippen molar-refractivity contribution in [3.05, 3.63) is 23.8 Å². The number of phosphoric acid groups is 1. The number of primary amides is 2. The zero-order valence-corrected chi connectivity index (χ0v) is 17.7. The Hall–Kier alpha value is -3.19. The van der Waals surface area contributed by atoms with Crippen LogP contribution in [0.2, 0.25) is 0 Å². The second-order valence-electron chi connectivity index (χ2n) is 7.43. The molecule has 0 aromatic heterocycles. The van der Waals surface area contributed by atoms with Gasteiger partial charge in [-0.2, -0.15) is 0 Å². The summed E-state index contributed by atoms with van der Waals surface area (Å²) in [4.78, 5) is 65.2. The fourth-order valence-corrected chi connectivity index (χ4v) is 3.29. The van der Waals surface area contributed by atoms with Crippen molar-refractivity contribution < 1.29 is 38.1 Å². The molecular weight excluding hydrogens is 447 g/mol. The lowest BCUT2D eigenvalue weighted by Gasteiger charge is -2.22. The van der Waals surface area contributed by atoms with E-state index in [0.717, 1.165) is 0 Å². The molecular formula is C17H25N6O8P. The van der Waals surface area contributed by atoms with Gasteiger partial charge in [-0.1, -0.05) is 6.07 Å². The van der Waals surface area contributed by atoms with E-state index in [0.29, 0.717) is 18.4 Å². The maximum Gasteiger partial charge on any atom is 0.524 e. The van der Waals surface area contributed by atoms with Crippen LogP contribution in [0.5, 0.6) is 5.75 Å². The smallest absolute Gasteiger partial charge is 0.402 e. The van der Waals surface area contributed by atoms with Gasteiger partial charge in [0, 0.05) is 0 Å². The third kappa shape index (κ3) is 6.92. The van der Waals surface area contributed by atoms with Gasteiger partial charge in [-0.25, -0.2) is 4.57 Å². The van der Waals surface area contributed by atoms with E-state index in [2.05, 4.69) is 15.2 Å². The number of benzene rings is 1. The first-order chi connectivity index (χ1) is 14.7. The second-order valence-corrected chi connectivity index (χ2v) is 8.60. The van der Waals surface area contributed by atoms with Gasteiger partial charge in [-0.05, 0) is 37.0 Å². The van der Waals surface area contributed by atoms with Crippen LogP contribution in [0.1, 0.15) is 24.8 Å². The van der Waals surface area contributed by atoms with Crippen LogP contribution in [-0.2, 0) is 30.2 Å². The van der Waals surface area contributed by atoms with E-state index in [1.165, 1.54) is 18.2 Å². The van der Waals surface area contributed by atoms with Gasteiger partial charge < -0.3 is 38.1 Å². The van der Waals surface area contributed by atoms with Crippen molar-refractivity contribution in [2.24, 2.45) is 17.2 Å². The van der Waals surface area contributed by atoms with Gasteiger partial charge in [-0.3, -0.25) is 29.0 Å². The van der Waals surface area contributed by atoms with Crippen molar-refractivity contribution >= 4 is 37.1 Å². The van der Waals surface area contributed by atoms with Crippen molar-refractivity contribution in [3.8, 4) is 5.75 Å². The molecule has 2 atom stereocenters. The number of anilines is 1. The van der Waals surface area contributed by atoms with E-state index in [9.17, 15) is 23.7 Å². The van der Waals surface area contributed by atoms with Gasteiger partial charge in [0.05, 0.1) is 18.2 Å². The highest BCUT2D eigenvalue weighted by Gasteiger charge is 2.52. The molecule has 1 saturated carbocycles. The Morgan fingerprint density at radius 1 is 1.19 bits per heavy atom. The quantitative estimate of drug-likeness (QED) is 0.120. The third-order valence-electron chi connectivity index (χ3n) is 4.69. The van der Waals surface area contributed by atoms with Crippen molar-refractivity contribution in [3.63, 3.8) is 0 Å². The van der Waals surface area contributed by atoms with E-state index in [-0.39, 0.29) is 17.9 Å². The van der Waals surface area contributed by atoms with Crippen molar-refractivity contribution in [2.45, 2.75) is 43.3 Å². The number of hydrogen-bond donors (Lipinski definition) is 8. The van der Waals surface area contributed by atoms with Crippen LogP contribution in [0.15, 0.2) is 18.2 Å². The standard InChI is InChI=1S/C17H25N6O8P/c18-9-5-8(1-2-12(9)31-32(28,29)30)6-10(19)15(26)23-17(3-4-17)16(27)22-11(14(21)25)7-13(20)24/h1-2,5,10-11H,3-4,6-7,18-19H2,(H2,20,24)(H2,21,25)(H,22,27)(H,23,26)(H2,28,29,30)/t10-,11-/m0/s1. The number of nitrogens with one attached hydrogen (secondary N) is 2. The summed E-state index contributed by atoms with van der Waals surface area (Å²) in [6.07, 6.45) is 0.102. The number of rotatable bonds is 11. The molecule has 176 valence electrons. The highest BCUT2D eigenvalue weighted by molar-refractivity contribution is 7.46. The lowest BCUT2D eigenvalue weighted by molar-refractivity contribution is -0.133. The average Bonchev–Trinajstić information content (AvgIpc) is 3.42. The SMILES string of the molecule is NC(=O)C[C@H](NC(=O)C1(NC(=O)[C@@H](N)Cc2ccc(OP(=O)(O)O)c(N)c2)CC1)C(N)=O. The number of hydrogen-bond acceptors (Lipinski definition) is 8. The van der Waals surface area contributed by atoms with Gasteiger partial charge in [0.2, 0.25) is 23.6 Å². The largest absolute Gasteiger partial charge is 0.524 e. The normalized spacial score (nSPS) is 16.3. The summed E-state index contributed by atoms with van der Waals surface area (Å²) >= 11 is 0. The predicted octanol–water partition coefficient (Wildman–Crippen LogP) is -2.90. The first-order valence-electron chi connectivity index (χ1n) is 9.32. The topological polar surface area (TPSA) is 263 Å². The highest BCUT2D eigenvalue weighted by Crippen LogP contribution is 2.40. The number of nitrogen functional groups attached to an aromatic ring is 1. The molecule has 0 heterocycles. The number of amides is 4. The minimum absolute atomic E-state index is 0.00445. The van der Waals surface area contributed by atoms with E-state index in [1.807, 2.05) is 0 Å². The molecule has 4 amide bonds. The molecule has 32 heavy (non-hydrogen) atoms. The van der Waals surface area contributed by atoms with Crippen LogP contribution < -0.4 is 38.1 Å². The van der Waals surface area contributed by atoms with Crippen molar-refractivity contribution in [2.75, 3.05) is 5.73 Å². The summed E-state index contributed by atoms with van der Waals surface area (Å²) in [6, 6.07) is 1.60. The minimum Gasteiger partial charge on any atom is -0.402 e. The average molecular weight is 472 g/mol. The summed E-state index contributed by atoms with van der Waals surface area (Å²) in [6.45, 7) is 0. The van der Waals surface area contributed by atoms with Gasteiger partial charge in [0.1, 0.15) is 11.6 Å². The number of carbonyl (C=O) groups is 4. The lowest BCUT2D eigenvalue weighted by Crippen LogP contribution is -2.57. The molecule has 0 saturated heterocycles. The Labute approximate surface area is 182 Å². The molecule has 1 aromatic carbocycles. The maximum atomic E-state index is 12.5. The Morgan fingerprint density at radius 3 is 2.28 bits per heavy atom. The van der Waals surface area contributed by atoms with Crippen LogP contribution >= 0.6 is 7.82 Å². The zero-order valence-electron chi connectivity index (χ0n) is 16.8. The van der Waals surface area contributed by atoms with E-state index < -0.39 is 55.5 Å². The summed E-state index contributed by atoms with van der Waals surface area (Å²) in [5.41, 5.74) is 20.9. The van der Waals surface area contributed by atoms with Gasteiger partial charge in [0.25, 0.3) is 0 Å². The van der Waals surface area contributed by atoms with Crippen molar-refractivity contribution in [1.29, 1.82) is 0 Å². The molecule has 1 fully saturated rings. The highest BCUT2D eigenvalue weighted by atomic mass is 31.2. The fraction of sp³-hybridized carbons (Fsp3) is 0.412. The lowest BCUT2D eigenvalue weighted by atomic mass is 10.0. The summed E-state index contributed by atoms with van der Waals surface area (Å²) in [5.74, 6) is -3.35. The van der Waals surface area contributed by atoms with E-state index in [1.54, 1.807) is 0 Å². The van der Waals surface area contributed by atoms with Gasteiger partial charge in [0.15, 0.2) is 5.75 Å². The van der Waals surface area contributed by atoms with E-state index in [4.69, 9.17) is 32.7 Å². The molecule has 0 spiro atoms. The van der Waals surface area contributed by atoms with Crippen LogP contribution in [-0.4, -0.2) is 51.0 Å². The number of nitrogens with two attached hydrogens (primary N) is 4. The summed E-state index contributed by atoms with van der Waals surface area (Å²) < 4.78 is 15.4. The van der Waals surface area contributed by atoms with Gasteiger partial charge in [-0.15, -0.1) is 0 Å². The second kappa shape index (κ2) is 9.53. The summed E-state index contributed by atoms with van der Waals surface area (Å²) in [7, 11) is -4.78. The van der Waals surface area contributed by atoms with E-state index >= 15 is 0 Å². The molecule has 0 aliphatic heterocycles. The molecule has 1 aliphatic rings. The minimum atomic E-state index is -4.78. The Bertz CT molecular complexity index is 976. The van der Waals surface area contributed by atoms with Gasteiger partial charge >= 0.3 is 7.82 Å². The Balaban J connectivity index is 1.99. The molecule has 14 nitrogen and oxygen atoms in total. The summed E-state index contributed by atoms with van der Waals surface area (Å²) in [5, 5.41) is 4.85. The Morgan fingerprint density at radius 2 is 1.81 bits per heavy atom. The van der Waals surface area contributed by atoms with Crippen molar-refractivity contribution in [1.82, 2.24) is 10.6 Å². The number of phosphoric ester groups is 1. The first-order valence-corrected chi connectivity index (χ1v) is 10.9. The molecule has 1 aromatic rings. The predicted molar refractivity (Wildman–Crippen MR) is 110 cm³/mol. The monoisotopic (exact) mass is 472 g/mol. The van der Waals surface area contributed by atoms with Crippen LogP contribution in [0.25, 0.3) is 0 Å². The molecule has 0 radical (unpaired) electrons. The molecule has 15 heteroatoms. The maximum absolute atomic E-state index is 12.5. The first kappa shape index (κ1) is 25.1. The van der Waals surface area contributed by atoms with Crippen LogP contribution in [0.4, 0.5) is 5.69 Å². The van der Waals surface area contributed by atoms with Crippen LogP contribution in [0.3, 0.4) is 0 Å². The molecule has 0 unspecified atom stereocenters. The number of carbonyl (C=O) groups excluding carboxylic acids is 4. The molecule has 1 aliphatic carbocycles. The van der Waals surface area contributed by atoms with Crippen LogP contribution in [0, 0.1) is 0 Å². The fourth-order valence-electron chi connectivity index (χ4n) is 2.87. The Kier molecular flexibility index (Phi) is 7.46. The zero-order chi connectivity index (χ0) is 24.3.